The summed E-state index contributed by atoms with van der Waals surface area (Å²) < 4.78 is 50.3. The van der Waals surface area contributed by atoms with Gasteiger partial charge in [0, 0.05) is 52.1 Å². The average Bonchev–Trinajstić information content (AvgIpc) is 2.83. The summed E-state index contributed by atoms with van der Waals surface area (Å²) in [4.78, 5) is 31.7. The zero-order chi connectivity index (χ0) is 24.3. The summed E-state index contributed by atoms with van der Waals surface area (Å²) in [6.07, 6.45) is -4.23. The first-order chi connectivity index (χ1) is 16.3. The minimum absolute atomic E-state index is 0.0314. The van der Waals surface area contributed by atoms with Crippen molar-refractivity contribution in [2.45, 2.75) is 18.6 Å². The lowest BCUT2D eigenvalue weighted by Gasteiger charge is -2.49. The van der Waals surface area contributed by atoms with Crippen molar-refractivity contribution in [3.8, 4) is 0 Å². The highest BCUT2D eigenvalue weighted by atomic mass is 19.4. The predicted octanol–water partition coefficient (Wildman–Crippen LogP) is 0.990. The van der Waals surface area contributed by atoms with Crippen LogP contribution in [0.4, 0.5) is 18.9 Å². The normalized spacial score (nSPS) is 23.3. The van der Waals surface area contributed by atoms with E-state index in [-0.39, 0.29) is 30.8 Å². The van der Waals surface area contributed by atoms with Gasteiger partial charge in [0.05, 0.1) is 43.9 Å². The Hall–Kier alpha value is -2.37. The molecule has 188 valence electrons. The smallest absolute Gasteiger partial charge is 0.383 e. The summed E-state index contributed by atoms with van der Waals surface area (Å²) in [6.45, 7) is 4.73. The predicted molar refractivity (Wildman–Crippen MR) is 118 cm³/mol. The number of rotatable bonds is 6. The summed E-state index contributed by atoms with van der Waals surface area (Å²) in [7, 11) is 1.54. The SMILES string of the molecule is COCCNC(=O)[C@H]1Cc2cc(C(F)(F)F)ccc2N2CCN(CC(=O)N3CCOCC3)C[C@@H]12. The molecule has 0 aliphatic carbocycles. The van der Waals surface area contributed by atoms with Gasteiger partial charge in [-0.3, -0.25) is 14.5 Å². The van der Waals surface area contributed by atoms with Crippen molar-refractivity contribution < 1.29 is 32.2 Å². The summed E-state index contributed by atoms with van der Waals surface area (Å²) in [6, 6.07) is 3.54. The van der Waals surface area contributed by atoms with Gasteiger partial charge in [0.15, 0.2) is 0 Å². The Labute approximate surface area is 196 Å². The molecule has 2 fully saturated rings. The molecule has 0 aromatic heterocycles. The first kappa shape index (κ1) is 24.7. The van der Waals surface area contributed by atoms with Gasteiger partial charge in [0.2, 0.25) is 11.8 Å². The van der Waals surface area contributed by atoms with Crippen LogP contribution in [0.25, 0.3) is 0 Å². The summed E-state index contributed by atoms with van der Waals surface area (Å²) in [5, 5.41) is 2.85. The fraction of sp³-hybridized carbons (Fsp3) is 0.652. The van der Waals surface area contributed by atoms with Crippen LogP contribution in [0.1, 0.15) is 11.1 Å². The molecular weight excluding hydrogens is 453 g/mol. The van der Waals surface area contributed by atoms with Gasteiger partial charge in [0.25, 0.3) is 0 Å². The molecule has 1 aromatic carbocycles. The van der Waals surface area contributed by atoms with Gasteiger partial charge in [-0.15, -0.1) is 0 Å². The molecule has 1 aromatic rings. The van der Waals surface area contributed by atoms with Crippen molar-refractivity contribution in [1.29, 1.82) is 0 Å². The Morgan fingerprint density at radius 1 is 1.18 bits per heavy atom. The first-order valence-corrected chi connectivity index (χ1v) is 11.6. The fourth-order valence-corrected chi connectivity index (χ4v) is 5.01. The van der Waals surface area contributed by atoms with Gasteiger partial charge < -0.3 is 24.6 Å². The number of halogens is 3. The second-order valence-electron chi connectivity index (χ2n) is 8.92. The van der Waals surface area contributed by atoms with Gasteiger partial charge in [-0.25, -0.2) is 0 Å². The van der Waals surface area contributed by atoms with Gasteiger partial charge in [0.1, 0.15) is 0 Å². The van der Waals surface area contributed by atoms with Gasteiger partial charge in [-0.1, -0.05) is 0 Å². The number of hydrogen-bond acceptors (Lipinski definition) is 6. The monoisotopic (exact) mass is 484 g/mol. The summed E-state index contributed by atoms with van der Waals surface area (Å²) >= 11 is 0. The van der Waals surface area contributed by atoms with E-state index in [4.69, 9.17) is 9.47 Å². The number of methoxy groups -OCH3 is 1. The topological polar surface area (TPSA) is 74.4 Å². The lowest BCUT2D eigenvalue weighted by Crippen LogP contribution is -2.62. The maximum Gasteiger partial charge on any atom is 0.416 e. The van der Waals surface area contributed by atoms with E-state index >= 15 is 0 Å². The number of fused-ring (bicyclic) bond motifs is 3. The number of morpholine rings is 1. The molecule has 0 unspecified atom stereocenters. The number of anilines is 1. The molecular formula is C23H31F3N4O4. The van der Waals surface area contributed by atoms with E-state index in [1.165, 1.54) is 13.2 Å². The highest BCUT2D eigenvalue weighted by Crippen LogP contribution is 2.39. The van der Waals surface area contributed by atoms with E-state index in [0.717, 1.165) is 17.8 Å². The molecule has 3 aliphatic heterocycles. The summed E-state index contributed by atoms with van der Waals surface area (Å²) in [5.41, 5.74) is 0.548. The molecule has 0 spiro atoms. The zero-order valence-corrected chi connectivity index (χ0v) is 19.3. The number of ether oxygens (including phenoxy) is 2. The third-order valence-corrected chi connectivity index (χ3v) is 6.79. The minimum Gasteiger partial charge on any atom is -0.383 e. The maximum absolute atomic E-state index is 13.3. The maximum atomic E-state index is 13.3. The number of carbonyl (C=O) groups excluding carboxylic acids is 2. The van der Waals surface area contributed by atoms with Crippen molar-refractivity contribution >= 4 is 17.5 Å². The second-order valence-corrected chi connectivity index (χ2v) is 8.92. The Morgan fingerprint density at radius 3 is 2.65 bits per heavy atom. The number of amides is 2. The largest absolute Gasteiger partial charge is 0.416 e. The molecule has 0 saturated carbocycles. The highest BCUT2D eigenvalue weighted by molar-refractivity contribution is 5.82. The number of nitrogens with one attached hydrogen (secondary N) is 1. The second kappa shape index (κ2) is 10.5. The molecule has 11 heteroatoms. The lowest BCUT2D eigenvalue weighted by atomic mass is 9.82. The van der Waals surface area contributed by atoms with Gasteiger partial charge >= 0.3 is 6.18 Å². The Balaban J connectivity index is 1.53. The number of piperazine rings is 1. The third-order valence-electron chi connectivity index (χ3n) is 6.79. The quantitative estimate of drug-likeness (QED) is 0.608. The number of nitrogens with zero attached hydrogens (tertiary/aromatic N) is 3. The molecule has 2 amide bonds. The number of benzene rings is 1. The van der Waals surface area contributed by atoms with Crippen LogP contribution < -0.4 is 10.2 Å². The number of hydrogen-bond donors (Lipinski definition) is 1. The third kappa shape index (κ3) is 5.47. The van der Waals surface area contributed by atoms with Gasteiger partial charge in [-0.2, -0.15) is 13.2 Å². The molecule has 1 N–H and O–H groups in total. The van der Waals surface area contributed by atoms with Crippen molar-refractivity contribution in [1.82, 2.24) is 15.1 Å². The zero-order valence-electron chi connectivity index (χ0n) is 19.3. The van der Waals surface area contributed by atoms with Crippen LogP contribution in [-0.2, 0) is 31.7 Å². The number of alkyl halides is 3. The van der Waals surface area contributed by atoms with Crippen molar-refractivity contribution in [2.24, 2.45) is 5.92 Å². The molecule has 4 rings (SSSR count). The van der Waals surface area contributed by atoms with Crippen LogP contribution in [0.3, 0.4) is 0 Å². The van der Waals surface area contributed by atoms with Crippen molar-refractivity contribution in [2.75, 3.05) is 77.6 Å². The molecule has 8 nitrogen and oxygen atoms in total. The van der Waals surface area contributed by atoms with E-state index in [1.807, 2.05) is 9.80 Å². The van der Waals surface area contributed by atoms with E-state index in [0.29, 0.717) is 64.7 Å². The molecule has 34 heavy (non-hydrogen) atoms. The minimum atomic E-state index is -4.44. The van der Waals surface area contributed by atoms with Crippen molar-refractivity contribution in [3.63, 3.8) is 0 Å². The van der Waals surface area contributed by atoms with Crippen LogP contribution in [0.5, 0.6) is 0 Å². The van der Waals surface area contributed by atoms with Crippen molar-refractivity contribution in [3.05, 3.63) is 29.3 Å². The Bertz CT molecular complexity index is 891. The molecule has 2 atom stereocenters. The van der Waals surface area contributed by atoms with Gasteiger partial charge in [-0.05, 0) is 30.2 Å². The van der Waals surface area contributed by atoms with E-state index < -0.39 is 17.7 Å². The van der Waals surface area contributed by atoms with Crippen LogP contribution in [0, 0.1) is 5.92 Å². The van der Waals surface area contributed by atoms with Crippen LogP contribution in [0.15, 0.2) is 18.2 Å². The first-order valence-electron chi connectivity index (χ1n) is 11.6. The molecule has 3 heterocycles. The standard InChI is InChI=1S/C23H31F3N4O4/c1-33-9-4-27-22(32)18-13-16-12-17(23(24,25)26)2-3-19(16)30-6-5-28(14-20(18)30)15-21(31)29-7-10-34-11-8-29/h2-3,12,18,20H,4-11,13-15H2,1H3,(H,27,32)/t18-,20-/m0/s1. The number of carbonyl (C=O) groups is 2. The van der Waals surface area contributed by atoms with Crippen LogP contribution in [-0.4, -0.2) is 100 Å². The Morgan fingerprint density at radius 2 is 1.94 bits per heavy atom. The molecule has 0 radical (unpaired) electrons. The van der Waals surface area contributed by atoms with E-state index in [2.05, 4.69) is 5.32 Å². The highest BCUT2D eigenvalue weighted by Gasteiger charge is 2.43. The van der Waals surface area contributed by atoms with Crippen LogP contribution >= 0.6 is 0 Å². The molecule has 0 bridgehead atoms. The lowest BCUT2D eigenvalue weighted by molar-refractivity contribution is -0.138. The summed E-state index contributed by atoms with van der Waals surface area (Å²) in [5.74, 6) is -0.713. The molecule has 3 aliphatic rings. The Kier molecular flexibility index (Phi) is 7.63. The molecule has 2 saturated heterocycles. The van der Waals surface area contributed by atoms with E-state index in [1.54, 1.807) is 4.90 Å². The average molecular weight is 485 g/mol. The van der Waals surface area contributed by atoms with Crippen LogP contribution in [0.2, 0.25) is 0 Å². The fourth-order valence-electron chi connectivity index (χ4n) is 5.01. The van der Waals surface area contributed by atoms with E-state index in [9.17, 15) is 22.8 Å².